The molecule has 2 atom stereocenters. The summed E-state index contributed by atoms with van der Waals surface area (Å²) < 4.78 is 10.3. The summed E-state index contributed by atoms with van der Waals surface area (Å²) in [4.78, 5) is 23.5. The lowest BCUT2D eigenvalue weighted by Crippen LogP contribution is -2.47. The summed E-state index contributed by atoms with van der Waals surface area (Å²) >= 11 is 0. The molecule has 1 rings (SSSR count). The number of amides is 2. The molecule has 1 aromatic rings. The molecule has 0 aromatic heterocycles. The number of hydrogen-bond acceptors (Lipinski definition) is 6. The van der Waals surface area contributed by atoms with Gasteiger partial charge < -0.3 is 30.9 Å². The van der Waals surface area contributed by atoms with Crippen molar-refractivity contribution in [2.24, 2.45) is 11.7 Å². The zero-order valence-electron chi connectivity index (χ0n) is 15.0. The van der Waals surface area contributed by atoms with Crippen LogP contribution in [0.5, 0.6) is 11.5 Å². The summed E-state index contributed by atoms with van der Waals surface area (Å²) in [7, 11) is 3.01. The van der Waals surface area contributed by atoms with Gasteiger partial charge in [0.1, 0.15) is 11.5 Å². The lowest BCUT2D eigenvalue weighted by Gasteiger charge is -2.17. The van der Waals surface area contributed by atoms with Crippen LogP contribution in [0.2, 0.25) is 0 Å². The van der Waals surface area contributed by atoms with Crippen molar-refractivity contribution in [3.63, 3.8) is 0 Å². The first kappa shape index (κ1) is 20.7. The largest absolute Gasteiger partial charge is 0.497 e. The van der Waals surface area contributed by atoms with Crippen LogP contribution < -0.4 is 25.8 Å². The van der Waals surface area contributed by atoms with E-state index in [9.17, 15) is 14.7 Å². The Morgan fingerprint density at radius 2 is 1.88 bits per heavy atom. The molecule has 25 heavy (non-hydrogen) atoms. The van der Waals surface area contributed by atoms with Crippen molar-refractivity contribution < 1.29 is 24.2 Å². The van der Waals surface area contributed by atoms with E-state index in [1.54, 1.807) is 18.2 Å². The van der Waals surface area contributed by atoms with Gasteiger partial charge in [-0.05, 0) is 24.1 Å². The molecule has 8 heteroatoms. The number of carbonyl (C=O) groups is 2. The van der Waals surface area contributed by atoms with E-state index in [4.69, 9.17) is 15.2 Å². The zero-order chi connectivity index (χ0) is 19.0. The highest BCUT2D eigenvalue weighted by atomic mass is 16.5. The standard InChI is InChI=1S/C17H27N3O5/c1-10(2)16(18)17(23)20-9-15(22)19-8-13(21)12-7-11(24-3)5-6-14(12)25-4/h5-7,10,13,16,21H,8-9,18H2,1-4H3,(H,19,22)(H,20,23)/t13?,16-/m0/s1. The van der Waals surface area contributed by atoms with Crippen molar-refractivity contribution in [2.75, 3.05) is 27.3 Å². The number of aliphatic hydroxyl groups excluding tert-OH is 1. The molecule has 0 bridgehead atoms. The van der Waals surface area contributed by atoms with Crippen LogP contribution in [-0.2, 0) is 9.59 Å². The Morgan fingerprint density at radius 3 is 2.44 bits per heavy atom. The summed E-state index contributed by atoms with van der Waals surface area (Å²) in [6.45, 7) is 3.40. The third kappa shape index (κ3) is 6.24. The predicted octanol–water partition coefficient (Wildman–Crippen LogP) is -0.0471. The first-order valence-corrected chi connectivity index (χ1v) is 8.00. The quantitative estimate of drug-likeness (QED) is 0.494. The Morgan fingerprint density at radius 1 is 1.20 bits per heavy atom. The van der Waals surface area contributed by atoms with Gasteiger partial charge in [0.15, 0.2) is 0 Å². The molecule has 0 spiro atoms. The van der Waals surface area contributed by atoms with E-state index < -0.39 is 18.1 Å². The van der Waals surface area contributed by atoms with Gasteiger partial charge in [-0.15, -0.1) is 0 Å². The minimum Gasteiger partial charge on any atom is -0.497 e. The van der Waals surface area contributed by atoms with Gasteiger partial charge in [-0.1, -0.05) is 13.8 Å². The maximum atomic E-state index is 11.8. The van der Waals surface area contributed by atoms with Crippen molar-refractivity contribution >= 4 is 11.8 Å². The van der Waals surface area contributed by atoms with Crippen molar-refractivity contribution in [2.45, 2.75) is 26.0 Å². The van der Waals surface area contributed by atoms with Crippen molar-refractivity contribution in [1.29, 1.82) is 0 Å². The molecule has 8 nitrogen and oxygen atoms in total. The summed E-state index contributed by atoms with van der Waals surface area (Å²) in [5.41, 5.74) is 6.19. The molecule has 0 aliphatic rings. The molecule has 140 valence electrons. The Labute approximate surface area is 147 Å². The van der Waals surface area contributed by atoms with Gasteiger partial charge in [0, 0.05) is 12.1 Å². The van der Waals surface area contributed by atoms with E-state index in [1.807, 2.05) is 13.8 Å². The summed E-state index contributed by atoms with van der Waals surface area (Å²) in [6.07, 6.45) is -0.984. The predicted molar refractivity (Wildman–Crippen MR) is 93.3 cm³/mol. The van der Waals surface area contributed by atoms with Crippen LogP contribution in [0.25, 0.3) is 0 Å². The molecular weight excluding hydrogens is 326 g/mol. The highest BCUT2D eigenvalue weighted by Crippen LogP contribution is 2.28. The third-order valence-electron chi connectivity index (χ3n) is 3.73. The van der Waals surface area contributed by atoms with Crippen LogP contribution in [0, 0.1) is 5.92 Å². The second-order valence-electron chi connectivity index (χ2n) is 5.92. The van der Waals surface area contributed by atoms with Crippen molar-refractivity contribution in [1.82, 2.24) is 10.6 Å². The number of benzene rings is 1. The van der Waals surface area contributed by atoms with Crippen LogP contribution in [0.3, 0.4) is 0 Å². The highest BCUT2D eigenvalue weighted by molar-refractivity contribution is 5.87. The minimum atomic E-state index is -0.984. The number of carbonyl (C=O) groups excluding carboxylic acids is 2. The Bertz CT molecular complexity index is 592. The number of ether oxygens (including phenoxy) is 2. The topological polar surface area (TPSA) is 123 Å². The minimum absolute atomic E-state index is 0.0228. The molecule has 0 radical (unpaired) electrons. The van der Waals surface area contributed by atoms with Crippen LogP contribution in [0.4, 0.5) is 0 Å². The number of methoxy groups -OCH3 is 2. The third-order valence-corrected chi connectivity index (χ3v) is 3.73. The summed E-state index contributed by atoms with van der Waals surface area (Å²) in [5.74, 6) is 0.214. The van der Waals surface area contributed by atoms with Crippen LogP contribution in [0.1, 0.15) is 25.5 Å². The van der Waals surface area contributed by atoms with Gasteiger partial charge in [0.25, 0.3) is 0 Å². The lowest BCUT2D eigenvalue weighted by molar-refractivity contribution is -0.127. The van der Waals surface area contributed by atoms with Gasteiger partial charge in [0.2, 0.25) is 11.8 Å². The lowest BCUT2D eigenvalue weighted by atomic mass is 10.1. The average Bonchev–Trinajstić information content (AvgIpc) is 2.62. The van der Waals surface area contributed by atoms with Crippen LogP contribution >= 0.6 is 0 Å². The van der Waals surface area contributed by atoms with E-state index in [1.165, 1.54) is 14.2 Å². The van der Waals surface area contributed by atoms with E-state index in [-0.39, 0.29) is 24.9 Å². The fraction of sp³-hybridized carbons (Fsp3) is 0.529. The molecule has 1 unspecified atom stereocenters. The number of rotatable bonds is 9. The molecule has 2 amide bonds. The smallest absolute Gasteiger partial charge is 0.239 e. The first-order chi connectivity index (χ1) is 11.8. The van der Waals surface area contributed by atoms with E-state index in [0.717, 1.165) is 0 Å². The Kier molecular flexibility index (Phi) is 8.17. The fourth-order valence-corrected chi connectivity index (χ4v) is 2.07. The van der Waals surface area contributed by atoms with Crippen molar-refractivity contribution in [3.8, 4) is 11.5 Å². The fourth-order valence-electron chi connectivity index (χ4n) is 2.07. The molecule has 5 N–H and O–H groups in total. The summed E-state index contributed by atoms with van der Waals surface area (Å²) in [6, 6.07) is 4.35. The number of nitrogens with two attached hydrogens (primary N) is 1. The maximum absolute atomic E-state index is 11.8. The van der Waals surface area contributed by atoms with Gasteiger partial charge in [0.05, 0.1) is 32.9 Å². The molecular formula is C17H27N3O5. The second kappa shape index (κ2) is 9.85. The van der Waals surface area contributed by atoms with Gasteiger partial charge >= 0.3 is 0 Å². The second-order valence-corrected chi connectivity index (χ2v) is 5.92. The SMILES string of the molecule is COc1ccc(OC)c(C(O)CNC(=O)CNC(=O)[C@@H](N)C(C)C)c1. The number of nitrogens with one attached hydrogen (secondary N) is 2. The zero-order valence-corrected chi connectivity index (χ0v) is 15.0. The van der Waals surface area contributed by atoms with E-state index >= 15 is 0 Å². The van der Waals surface area contributed by atoms with E-state index in [0.29, 0.717) is 17.1 Å². The monoisotopic (exact) mass is 353 g/mol. The molecule has 1 aromatic carbocycles. The van der Waals surface area contributed by atoms with E-state index in [2.05, 4.69) is 10.6 Å². The maximum Gasteiger partial charge on any atom is 0.239 e. The molecule has 0 aliphatic carbocycles. The molecule has 0 saturated carbocycles. The Balaban J connectivity index is 2.55. The number of hydrogen-bond donors (Lipinski definition) is 4. The number of aliphatic hydroxyl groups is 1. The van der Waals surface area contributed by atoms with Crippen LogP contribution in [0.15, 0.2) is 18.2 Å². The first-order valence-electron chi connectivity index (χ1n) is 8.00. The van der Waals surface area contributed by atoms with Gasteiger partial charge in [-0.3, -0.25) is 9.59 Å². The summed E-state index contributed by atoms with van der Waals surface area (Å²) in [5, 5.41) is 15.3. The van der Waals surface area contributed by atoms with Crippen LogP contribution in [-0.4, -0.2) is 50.3 Å². The molecule has 0 fully saturated rings. The normalized spacial score (nSPS) is 13.1. The molecule has 0 aliphatic heterocycles. The highest BCUT2D eigenvalue weighted by Gasteiger charge is 2.19. The average molecular weight is 353 g/mol. The molecule has 0 heterocycles. The Hall–Kier alpha value is -2.32. The van der Waals surface area contributed by atoms with Crippen molar-refractivity contribution in [3.05, 3.63) is 23.8 Å². The molecule has 0 saturated heterocycles. The van der Waals surface area contributed by atoms with Gasteiger partial charge in [-0.25, -0.2) is 0 Å². The van der Waals surface area contributed by atoms with Gasteiger partial charge in [-0.2, -0.15) is 0 Å².